The molecule has 0 radical (unpaired) electrons. The first kappa shape index (κ1) is 16.8. The molecule has 1 aliphatic heterocycles. The molecule has 1 aromatic heterocycles. The molecule has 0 atom stereocenters. The first-order valence-corrected chi connectivity index (χ1v) is 8.57. The molecule has 0 bridgehead atoms. The van der Waals surface area contributed by atoms with Crippen molar-refractivity contribution < 1.29 is 4.79 Å². The molecule has 4 nitrogen and oxygen atoms in total. The van der Waals surface area contributed by atoms with Crippen molar-refractivity contribution in [3.05, 3.63) is 59.4 Å². The molecule has 1 aromatic carbocycles. The number of aromatic nitrogens is 1. The minimum absolute atomic E-state index is 0.175. The Kier molecular flexibility index (Phi) is 4.76. The molecule has 1 aliphatic rings. The number of carbonyl (C=O) groups excluding carboxylic acids is 1. The Morgan fingerprint density at radius 2 is 1.75 bits per heavy atom. The standard InChI is InChI=1S/C19H22ClN3O/c1-19(2,15-6-4-3-5-7-15)18(24)23-12-10-22(11-13-23)17-8-9-21-14-16(17)20/h3-9,14H,10-13H2,1-2H3. The fourth-order valence-corrected chi connectivity index (χ4v) is 3.39. The summed E-state index contributed by atoms with van der Waals surface area (Å²) in [5, 5.41) is 0.655. The summed E-state index contributed by atoms with van der Waals surface area (Å²) in [4.78, 5) is 21.2. The van der Waals surface area contributed by atoms with Crippen molar-refractivity contribution in [3.63, 3.8) is 0 Å². The van der Waals surface area contributed by atoms with E-state index in [4.69, 9.17) is 11.6 Å². The van der Waals surface area contributed by atoms with Gasteiger partial charge in [-0.05, 0) is 25.5 Å². The SMILES string of the molecule is CC(C)(C(=O)N1CCN(c2ccncc2Cl)CC1)c1ccccc1. The normalized spacial score (nSPS) is 15.5. The second kappa shape index (κ2) is 6.81. The topological polar surface area (TPSA) is 36.4 Å². The third-order valence-corrected chi connectivity index (χ3v) is 4.98. The number of hydrogen-bond acceptors (Lipinski definition) is 3. The summed E-state index contributed by atoms with van der Waals surface area (Å²) >= 11 is 6.22. The molecule has 5 heteroatoms. The number of amides is 1. The molecule has 2 heterocycles. The summed E-state index contributed by atoms with van der Waals surface area (Å²) in [7, 11) is 0. The van der Waals surface area contributed by atoms with Crippen LogP contribution < -0.4 is 4.90 Å². The van der Waals surface area contributed by atoms with Crippen molar-refractivity contribution >= 4 is 23.2 Å². The van der Waals surface area contributed by atoms with Gasteiger partial charge in [0.15, 0.2) is 0 Å². The summed E-state index contributed by atoms with van der Waals surface area (Å²) in [6.45, 7) is 6.95. The number of rotatable bonds is 3. The van der Waals surface area contributed by atoms with Gasteiger partial charge in [-0.3, -0.25) is 9.78 Å². The van der Waals surface area contributed by atoms with Gasteiger partial charge in [0.05, 0.1) is 16.1 Å². The molecule has 0 saturated carbocycles. The number of pyridine rings is 1. The van der Waals surface area contributed by atoms with Crippen molar-refractivity contribution in [3.8, 4) is 0 Å². The fraction of sp³-hybridized carbons (Fsp3) is 0.368. The van der Waals surface area contributed by atoms with Crippen LogP contribution >= 0.6 is 11.6 Å². The van der Waals surface area contributed by atoms with E-state index in [0.717, 1.165) is 24.3 Å². The second-order valence-electron chi connectivity index (χ2n) is 6.60. The molecule has 3 rings (SSSR count). The molecule has 1 saturated heterocycles. The highest BCUT2D eigenvalue weighted by atomic mass is 35.5. The van der Waals surface area contributed by atoms with Crippen LogP contribution in [0.3, 0.4) is 0 Å². The van der Waals surface area contributed by atoms with Crippen LogP contribution in [0.2, 0.25) is 5.02 Å². The Morgan fingerprint density at radius 1 is 1.08 bits per heavy atom. The number of nitrogens with zero attached hydrogens (tertiary/aromatic N) is 3. The molecule has 0 spiro atoms. The number of carbonyl (C=O) groups is 1. The van der Waals surface area contributed by atoms with E-state index in [2.05, 4.69) is 9.88 Å². The fourth-order valence-electron chi connectivity index (χ4n) is 3.15. The Hall–Kier alpha value is -2.07. The molecule has 0 unspecified atom stereocenters. The third-order valence-electron chi connectivity index (χ3n) is 4.69. The monoisotopic (exact) mass is 343 g/mol. The van der Waals surface area contributed by atoms with Crippen molar-refractivity contribution in [2.75, 3.05) is 31.1 Å². The van der Waals surface area contributed by atoms with Crippen LogP contribution in [0.15, 0.2) is 48.8 Å². The minimum Gasteiger partial charge on any atom is -0.367 e. The van der Waals surface area contributed by atoms with E-state index >= 15 is 0 Å². The Bertz CT molecular complexity index is 710. The van der Waals surface area contributed by atoms with Crippen LogP contribution in [0, 0.1) is 0 Å². The lowest BCUT2D eigenvalue weighted by molar-refractivity contribution is -0.136. The van der Waals surface area contributed by atoms with Crippen LogP contribution in [0.4, 0.5) is 5.69 Å². The van der Waals surface area contributed by atoms with E-state index in [1.807, 2.05) is 55.1 Å². The highest BCUT2D eigenvalue weighted by Crippen LogP contribution is 2.28. The second-order valence-corrected chi connectivity index (χ2v) is 7.00. The molecule has 0 N–H and O–H groups in total. The zero-order valence-electron chi connectivity index (χ0n) is 14.1. The molecule has 0 aliphatic carbocycles. The van der Waals surface area contributed by atoms with Gasteiger partial charge in [-0.25, -0.2) is 0 Å². The predicted octanol–water partition coefficient (Wildman–Crippen LogP) is 3.36. The lowest BCUT2D eigenvalue weighted by Gasteiger charge is -2.39. The van der Waals surface area contributed by atoms with E-state index in [-0.39, 0.29) is 5.91 Å². The van der Waals surface area contributed by atoms with Gasteiger partial charge in [0.1, 0.15) is 0 Å². The van der Waals surface area contributed by atoms with E-state index in [9.17, 15) is 4.79 Å². The molecule has 1 amide bonds. The summed E-state index contributed by atoms with van der Waals surface area (Å²) in [6.07, 6.45) is 3.41. The van der Waals surface area contributed by atoms with Gasteiger partial charge in [0, 0.05) is 38.6 Å². The van der Waals surface area contributed by atoms with Crippen LogP contribution in [-0.2, 0) is 10.2 Å². The maximum absolute atomic E-state index is 13.0. The highest BCUT2D eigenvalue weighted by molar-refractivity contribution is 6.33. The van der Waals surface area contributed by atoms with Crippen LogP contribution in [0.25, 0.3) is 0 Å². The first-order chi connectivity index (χ1) is 11.5. The molecule has 1 fully saturated rings. The maximum atomic E-state index is 13.0. The predicted molar refractivity (Wildman–Crippen MR) is 97.5 cm³/mol. The van der Waals surface area contributed by atoms with Gasteiger partial charge in [0.2, 0.25) is 5.91 Å². The van der Waals surface area contributed by atoms with E-state index in [1.165, 1.54) is 0 Å². The van der Waals surface area contributed by atoms with Gasteiger partial charge in [-0.2, -0.15) is 0 Å². The smallest absolute Gasteiger partial charge is 0.232 e. The van der Waals surface area contributed by atoms with Crippen LogP contribution in [0.5, 0.6) is 0 Å². The van der Waals surface area contributed by atoms with Crippen molar-refractivity contribution in [1.82, 2.24) is 9.88 Å². The lowest BCUT2D eigenvalue weighted by Crippen LogP contribution is -2.53. The van der Waals surface area contributed by atoms with E-state index < -0.39 is 5.41 Å². The van der Waals surface area contributed by atoms with Crippen LogP contribution in [-0.4, -0.2) is 42.0 Å². The third kappa shape index (κ3) is 3.24. The zero-order chi connectivity index (χ0) is 17.2. The van der Waals surface area contributed by atoms with Crippen molar-refractivity contribution in [2.45, 2.75) is 19.3 Å². The number of halogens is 1. The average Bonchev–Trinajstić information content (AvgIpc) is 2.62. The van der Waals surface area contributed by atoms with Crippen LogP contribution in [0.1, 0.15) is 19.4 Å². The molecule has 24 heavy (non-hydrogen) atoms. The number of benzene rings is 1. The van der Waals surface area contributed by atoms with E-state index in [1.54, 1.807) is 12.4 Å². The summed E-state index contributed by atoms with van der Waals surface area (Å²) < 4.78 is 0. The number of hydrogen-bond donors (Lipinski definition) is 0. The molecular formula is C19H22ClN3O. The lowest BCUT2D eigenvalue weighted by atomic mass is 9.83. The Morgan fingerprint density at radius 3 is 2.38 bits per heavy atom. The Balaban J connectivity index is 1.68. The Labute approximate surface area is 148 Å². The van der Waals surface area contributed by atoms with Gasteiger partial charge in [-0.1, -0.05) is 41.9 Å². The van der Waals surface area contributed by atoms with Crippen molar-refractivity contribution in [2.24, 2.45) is 0 Å². The summed E-state index contributed by atoms with van der Waals surface area (Å²) in [5.74, 6) is 0.175. The largest absolute Gasteiger partial charge is 0.367 e. The highest BCUT2D eigenvalue weighted by Gasteiger charge is 2.35. The van der Waals surface area contributed by atoms with E-state index in [0.29, 0.717) is 18.1 Å². The molecule has 126 valence electrons. The van der Waals surface area contributed by atoms with Gasteiger partial charge in [0.25, 0.3) is 0 Å². The van der Waals surface area contributed by atoms with Crippen molar-refractivity contribution in [1.29, 1.82) is 0 Å². The quantitative estimate of drug-likeness (QED) is 0.857. The first-order valence-electron chi connectivity index (χ1n) is 8.19. The number of anilines is 1. The van der Waals surface area contributed by atoms with Gasteiger partial charge in [-0.15, -0.1) is 0 Å². The van der Waals surface area contributed by atoms with Gasteiger partial charge >= 0.3 is 0 Å². The minimum atomic E-state index is -0.516. The molecule has 2 aromatic rings. The number of piperazine rings is 1. The zero-order valence-corrected chi connectivity index (χ0v) is 14.8. The molecular weight excluding hydrogens is 322 g/mol. The van der Waals surface area contributed by atoms with Gasteiger partial charge < -0.3 is 9.80 Å². The summed E-state index contributed by atoms with van der Waals surface area (Å²) in [6, 6.07) is 11.9. The average molecular weight is 344 g/mol. The summed E-state index contributed by atoms with van der Waals surface area (Å²) in [5.41, 5.74) is 1.52. The maximum Gasteiger partial charge on any atom is 0.232 e.